The van der Waals surface area contributed by atoms with Gasteiger partial charge in [0.1, 0.15) is 5.75 Å². The van der Waals surface area contributed by atoms with Crippen LogP contribution in [0.15, 0.2) is 50.8 Å². The second-order valence-electron chi connectivity index (χ2n) is 7.75. The van der Waals surface area contributed by atoms with E-state index in [9.17, 15) is 4.79 Å². The highest BCUT2D eigenvalue weighted by Crippen LogP contribution is 2.40. The molecule has 7 nitrogen and oxygen atoms in total. The second-order valence-corrected chi connectivity index (χ2v) is 9.62. The lowest BCUT2D eigenvalue weighted by Gasteiger charge is -2.18. The summed E-state index contributed by atoms with van der Waals surface area (Å²) in [6, 6.07) is 11.2. The van der Waals surface area contributed by atoms with Gasteiger partial charge in [-0.2, -0.15) is 0 Å². The number of ether oxygens (including phenoxy) is 4. The Labute approximate surface area is 219 Å². The SMILES string of the molecule is CCOc1cc(/C=C2\SC(=Nc3ccc(OC)cc3)N(CCOC)C2=O)cc(Br)c1O[C@@H](C)CC. The fourth-order valence-electron chi connectivity index (χ4n) is 3.22. The Hall–Kier alpha value is -2.49. The number of rotatable bonds is 11. The van der Waals surface area contributed by atoms with Gasteiger partial charge < -0.3 is 18.9 Å². The molecule has 35 heavy (non-hydrogen) atoms. The lowest BCUT2D eigenvalue weighted by molar-refractivity contribution is -0.122. The number of nitrogens with zero attached hydrogens (tertiary/aromatic N) is 2. The predicted octanol–water partition coefficient (Wildman–Crippen LogP) is 6.28. The topological polar surface area (TPSA) is 69.6 Å². The molecule has 0 aliphatic carbocycles. The van der Waals surface area contributed by atoms with Crippen LogP contribution in [0.5, 0.6) is 17.2 Å². The maximum Gasteiger partial charge on any atom is 0.266 e. The van der Waals surface area contributed by atoms with Crippen LogP contribution in [0.4, 0.5) is 5.69 Å². The Morgan fingerprint density at radius 1 is 1.17 bits per heavy atom. The zero-order chi connectivity index (χ0) is 25.4. The predicted molar refractivity (Wildman–Crippen MR) is 145 cm³/mol. The highest BCUT2D eigenvalue weighted by molar-refractivity contribution is 9.10. The molecule has 3 rings (SSSR count). The molecule has 0 aromatic heterocycles. The summed E-state index contributed by atoms with van der Waals surface area (Å²) in [4.78, 5) is 20.2. The molecule has 0 bridgehead atoms. The van der Waals surface area contributed by atoms with E-state index in [0.29, 0.717) is 41.3 Å². The number of amidine groups is 1. The standard InChI is InChI=1S/C26H31BrN2O5S/c1-6-17(3)34-24-21(27)14-18(15-22(24)33-7-2)16-23-25(30)29(12-13-31-4)26(35-23)28-19-8-10-20(32-5)11-9-19/h8-11,14-17H,6-7,12-13H2,1-5H3/b23-16-,28-26?/t17-/m0/s1. The highest BCUT2D eigenvalue weighted by atomic mass is 79.9. The van der Waals surface area contributed by atoms with Crippen molar-refractivity contribution in [2.24, 2.45) is 4.99 Å². The van der Waals surface area contributed by atoms with Crippen molar-refractivity contribution < 1.29 is 23.7 Å². The van der Waals surface area contributed by atoms with E-state index < -0.39 is 0 Å². The van der Waals surface area contributed by atoms with Crippen LogP contribution in [0.1, 0.15) is 32.8 Å². The summed E-state index contributed by atoms with van der Waals surface area (Å²) in [5.41, 5.74) is 1.56. The number of carbonyl (C=O) groups excluding carboxylic acids is 1. The van der Waals surface area contributed by atoms with Gasteiger partial charge in [-0.1, -0.05) is 6.92 Å². The van der Waals surface area contributed by atoms with E-state index in [-0.39, 0.29) is 12.0 Å². The van der Waals surface area contributed by atoms with Crippen molar-refractivity contribution in [2.45, 2.75) is 33.3 Å². The molecule has 1 fully saturated rings. The summed E-state index contributed by atoms with van der Waals surface area (Å²) in [6.07, 6.45) is 2.78. The first kappa shape index (κ1) is 27.1. The van der Waals surface area contributed by atoms with Gasteiger partial charge in [0.15, 0.2) is 16.7 Å². The summed E-state index contributed by atoms with van der Waals surface area (Å²) >= 11 is 4.95. The number of hydrogen-bond donors (Lipinski definition) is 0. The van der Waals surface area contributed by atoms with Gasteiger partial charge in [-0.05, 0) is 96.0 Å². The van der Waals surface area contributed by atoms with Gasteiger partial charge in [-0.15, -0.1) is 0 Å². The Morgan fingerprint density at radius 2 is 1.91 bits per heavy atom. The average Bonchev–Trinajstić information content (AvgIpc) is 3.13. The number of halogens is 1. The molecule has 188 valence electrons. The zero-order valence-electron chi connectivity index (χ0n) is 20.7. The van der Waals surface area contributed by atoms with E-state index in [1.54, 1.807) is 19.1 Å². The Balaban J connectivity index is 1.95. The highest BCUT2D eigenvalue weighted by Gasteiger charge is 2.33. The monoisotopic (exact) mass is 562 g/mol. The lowest BCUT2D eigenvalue weighted by Crippen LogP contribution is -2.32. The fraction of sp³-hybridized carbons (Fsp3) is 0.385. The molecule has 0 N–H and O–H groups in total. The number of hydrogen-bond acceptors (Lipinski definition) is 7. The third kappa shape index (κ3) is 7.02. The number of methoxy groups -OCH3 is 2. The molecule has 1 atom stereocenters. The van der Waals surface area contributed by atoms with Crippen molar-refractivity contribution in [2.75, 3.05) is 34.0 Å². The van der Waals surface area contributed by atoms with E-state index in [1.165, 1.54) is 11.8 Å². The van der Waals surface area contributed by atoms with E-state index in [1.807, 2.05) is 56.3 Å². The van der Waals surface area contributed by atoms with Gasteiger partial charge in [0.05, 0.1) is 48.0 Å². The number of amides is 1. The van der Waals surface area contributed by atoms with Crippen molar-refractivity contribution >= 4 is 50.5 Å². The van der Waals surface area contributed by atoms with Crippen molar-refractivity contribution in [3.8, 4) is 17.2 Å². The number of aliphatic imine (C=N–C) groups is 1. The van der Waals surface area contributed by atoms with Gasteiger partial charge in [0.25, 0.3) is 5.91 Å². The molecule has 2 aromatic rings. The molecule has 1 amide bonds. The second kappa shape index (κ2) is 13.0. The lowest BCUT2D eigenvalue weighted by atomic mass is 10.1. The molecule has 0 spiro atoms. The minimum Gasteiger partial charge on any atom is -0.497 e. The Bertz CT molecular complexity index is 1090. The molecule has 0 radical (unpaired) electrons. The quantitative estimate of drug-likeness (QED) is 0.300. The number of thioether (sulfide) groups is 1. The van der Waals surface area contributed by atoms with E-state index in [4.69, 9.17) is 23.9 Å². The van der Waals surface area contributed by atoms with Gasteiger partial charge in [0, 0.05) is 7.11 Å². The van der Waals surface area contributed by atoms with Gasteiger partial charge in [0.2, 0.25) is 0 Å². The first-order valence-electron chi connectivity index (χ1n) is 11.5. The van der Waals surface area contributed by atoms with Gasteiger partial charge in [-0.25, -0.2) is 4.99 Å². The summed E-state index contributed by atoms with van der Waals surface area (Å²) < 4.78 is 23.1. The minimum absolute atomic E-state index is 0.0488. The van der Waals surface area contributed by atoms with Crippen molar-refractivity contribution in [1.29, 1.82) is 0 Å². The zero-order valence-corrected chi connectivity index (χ0v) is 23.1. The van der Waals surface area contributed by atoms with Crippen LogP contribution >= 0.6 is 27.7 Å². The normalized spacial score (nSPS) is 16.7. The summed E-state index contributed by atoms with van der Waals surface area (Å²) in [7, 11) is 3.23. The first-order chi connectivity index (χ1) is 16.9. The number of carbonyl (C=O) groups is 1. The fourth-order valence-corrected chi connectivity index (χ4v) is 4.80. The molecular formula is C26H31BrN2O5S. The minimum atomic E-state index is -0.117. The van der Waals surface area contributed by atoms with Crippen molar-refractivity contribution in [3.05, 3.63) is 51.3 Å². The molecule has 1 saturated heterocycles. The number of benzene rings is 2. The van der Waals surface area contributed by atoms with Crippen LogP contribution in [0, 0.1) is 0 Å². The summed E-state index contributed by atoms with van der Waals surface area (Å²) in [5.74, 6) is 1.93. The molecule has 0 unspecified atom stereocenters. The Morgan fingerprint density at radius 3 is 2.54 bits per heavy atom. The van der Waals surface area contributed by atoms with E-state index in [2.05, 4.69) is 22.9 Å². The summed E-state index contributed by atoms with van der Waals surface area (Å²) in [6.45, 7) is 7.33. The van der Waals surface area contributed by atoms with Crippen LogP contribution in [0.3, 0.4) is 0 Å². The molecule has 1 aliphatic rings. The molecule has 0 saturated carbocycles. The van der Waals surface area contributed by atoms with E-state index >= 15 is 0 Å². The molecular weight excluding hydrogens is 532 g/mol. The van der Waals surface area contributed by atoms with Gasteiger partial charge >= 0.3 is 0 Å². The molecule has 1 heterocycles. The average molecular weight is 564 g/mol. The van der Waals surface area contributed by atoms with Crippen molar-refractivity contribution in [1.82, 2.24) is 4.90 Å². The third-order valence-electron chi connectivity index (χ3n) is 5.23. The molecule has 1 aliphatic heterocycles. The third-order valence-corrected chi connectivity index (χ3v) is 6.82. The molecule has 9 heteroatoms. The maximum atomic E-state index is 13.3. The van der Waals surface area contributed by atoms with Gasteiger partial charge in [-0.3, -0.25) is 9.69 Å². The molecule has 2 aromatic carbocycles. The first-order valence-corrected chi connectivity index (χ1v) is 13.1. The Kier molecular flexibility index (Phi) is 10.1. The van der Waals surface area contributed by atoms with Crippen molar-refractivity contribution in [3.63, 3.8) is 0 Å². The van der Waals surface area contributed by atoms with Crippen LogP contribution in [0.25, 0.3) is 6.08 Å². The van der Waals surface area contributed by atoms with Crippen LogP contribution in [-0.4, -0.2) is 56.1 Å². The van der Waals surface area contributed by atoms with E-state index in [0.717, 1.165) is 27.9 Å². The maximum absolute atomic E-state index is 13.3. The van der Waals surface area contributed by atoms with Crippen LogP contribution in [0.2, 0.25) is 0 Å². The smallest absolute Gasteiger partial charge is 0.266 e. The largest absolute Gasteiger partial charge is 0.497 e. The summed E-state index contributed by atoms with van der Waals surface area (Å²) in [5, 5.41) is 0.601. The van der Waals surface area contributed by atoms with Crippen LogP contribution in [-0.2, 0) is 9.53 Å². The van der Waals surface area contributed by atoms with Crippen LogP contribution < -0.4 is 14.2 Å².